The number of carbonyl (C=O) groups excluding carboxylic acids is 1. The molecular weight excluding hydrogens is 236 g/mol. The molecule has 0 saturated carbocycles. The second-order valence-electron chi connectivity index (χ2n) is 4.33. The number of benzene rings is 1. The van der Waals surface area contributed by atoms with Crippen LogP contribution in [0, 0.1) is 0 Å². The maximum atomic E-state index is 11.6. The second kappa shape index (κ2) is 6.62. The van der Waals surface area contributed by atoms with Crippen molar-refractivity contribution in [2.75, 3.05) is 0 Å². The zero-order valence-electron chi connectivity index (χ0n) is 10.2. The first-order valence-electron chi connectivity index (χ1n) is 5.80. The molecule has 0 spiro atoms. The molecule has 1 aromatic rings. The molecule has 0 bridgehead atoms. The number of nitrogens with two attached hydrogens (primary N) is 1. The third kappa shape index (κ3) is 4.75. The highest BCUT2D eigenvalue weighted by Gasteiger charge is 2.12. The third-order valence-electron chi connectivity index (χ3n) is 2.58. The lowest BCUT2D eigenvalue weighted by molar-refractivity contribution is -0.121. The number of rotatable bonds is 5. The predicted octanol–water partition coefficient (Wildman–Crippen LogP) is 2.64. The molecule has 0 saturated heterocycles. The van der Waals surface area contributed by atoms with E-state index >= 15 is 0 Å². The van der Waals surface area contributed by atoms with Gasteiger partial charge in [0.25, 0.3) is 0 Å². The van der Waals surface area contributed by atoms with Gasteiger partial charge in [-0.05, 0) is 31.9 Å². The van der Waals surface area contributed by atoms with Crippen LogP contribution in [0.15, 0.2) is 24.3 Å². The summed E-state index contributed by atoms with van der Waals surface area (Å²) in [6.45, 7) is 3.82. The van der Waals surface area contributed by atoms with Gasteiger partial charge in [0.2, 0.25) is 5.91 Å². The van der Waals surface area contributed by atoms with Crippen LogP contribution >= 0.6 is 11.6 Å². The molecule has 1 rings (SSSR count). The van der Waals surface area contributed by atoms with Gasteiger partial charge < -0.3 is 11.1 Å². The zero-order chi connectivity index (χ0) is 12.8. The Balaban J connectivity index is 2.52. The Kier molecular flexibility index (Phi) is 5.45. The molecule has 17 heavy (non-hydrogen) atoms. The lowest BCUT2D eigenvalue weighted by atomic mass is 10.1. The average Bonchev–Trinajstić information content (AvgIpc) is 2.26. The monoisotopic (exact) mass is 254 g/mol. The van der Waals surface area contributed by atoms with Crippen molar-refractivity contribution in [3.8, 4) is 0 Å². The Hall–Kier alpha value is -1.06. The van der Waals surface area contributed by atoms with Gasteiger partial charge in [-0.1, -0.05) is 29.8 Å². The highest BCUT2D eigenvalue weighted by molar-refractivity contribution is 6.31. The Morgan fingerprint density at radius 3 is 2.65 bits per heavy atom. The van der Waals surface area contributed by atoms with E-state index in [-0.39, 0.29) is 18.0 Å². The minimum atomic E-state index is -0.0794. The van der Waals surface area contributed by atoms with Crippen molar-refractivity contribution in [1.29, 1.82) is 0 Å². The van der Waals surface area contributed by atoms with E-state index in [1.165, 1.54) is 0 Å². The summed E-state index contributed by atoms with van der Waals surface area (Å²) < 4.78 is 0. The van der Waals surface area contributed by atoms with E-state index in [9.17, 15) is 4.79 Å². The second-order valence-corrected chi connectivity index (χ2v) is 4.73. The van der Waals surface area contributed by atoms with Gasteiger partial charge >= 0.3 is 0 Å². The molecular formula is C13H19ClN2O. The van der Waals surface area contributed by atoms with Gasteiger partial charge in [0.1, 0.15) is 0 Å². The van der Waals surface area contributed by atoms with E-state index in [0.717, 1.165) is 5.56 Å². The number of halogens is 1. The number of amides is 1. The molecule has 0 aliphatic heterocycles. The van der Waals surface area contributed by atoms with Crippen molar-refractivity contribution in [2.24, 2.45) is 5.73 Å². The molecule has 0 aliphatic rings. The lowest BCUT2D eigenvalue weighted by Crippen LogP contribution is -2.28. The summed E-state index contributed by atoms with van der Waals surface area (Å²) in [6.07, 6.45) is 1.15. The highest BCUT2D eigenvalue weighted by Crippen LogP contribution is 2.22. The molecule has 3 nitrogen and oxygen atoms in total. The first-order valence-corrected chi connectivity index (χ1v) is 6.18. The molecule has 1 amide bonds. The summed E-state index contributed by atoms with van der Waals surface area (Å²) in [4.78, 5) is 11.6. The van der Waals surface area contributed by atoms with Crippen LogP contribution in [0.1, 0.15) is 38.3 Å². The molecule has 1 aromatic carbocycles. The van der Waals surface area contributed by atoms with Crippen LogP contribution in [0.2, 0.25) is 5.02 Å². The fourth-order valence-electron chi connectivity index (χ4n) is 1.58. The topological polar surface area (TPSA) is 55.1 Å². The number of carbonyl (C=O) groups is 1. The smallest absolute Gasteiger partial charge is 0.220 e. The van der Waals surface area contributed by atoms with Crippen LogP contribution in [0.25, 0.3) is 0 Å². The normalized spacial score (nSPS) is 14.1. The molecule has 2 atom stereocenters. The van der Waals surface area contributed by atoms with E-state index < -0.39 is 0 Å². The molecule has 0 radical (unpaired) electrons. The number of hydrogen-bond acceptors (Lipinski definition) is 2. The van der Waals surface area contributed by atoms with Crippen molar-refractivity contribution in [1.82, 2.24) is 5.32 Å². The summed E-state index contributed by atoms with van der Waals surface area (Å²) in [7, 11) is 0. The third-order valence-corrected chi connectivity index (χ3v) is 2.92. The van der Waals surface area contributed by atoms with E-state index in [1.54, 1.807) is 0 Å². The molecule has 0 aromatic heterocycles. The summed E-state index contributed by atoms with van der Waals surface area (Å²) in [6, 6.07) is 7.49. The highest BCUT2D eigenvalue weighted by atomic mass is 35.5. The van der Waals surface area contributed by atoms with Crippen LogP contribution in [-0.2, 0) is 4.79 Å². The molecule has 0 aliphatic carbocycles. The standard InChI is InChI=1S/C13H19ClN2O/c1-9(15)7-8-13(17)16-10(2)11-5-3-4-6-12(11)14/h3-6,9-10H,7-8,15H2,1-2H3,(H,16,17)/t9?,10-/m0/s1. The summed E-state index contributed by atoms with van der Waals surface area (Å²) in [5.74, 6) is 0.00900. The molecule has 0 heterocycles. The lowest BCUT2D eigenvalue weighted by Gasteiger charge is -2.16. The van der Waals surface area contributed by atoms with Crippen molar-refractivity contribution in [3.05, 3.63) is 34.9 Å². The molecule has 4 heteroatoms. The largest absolute Gasteiger partial charge is 0.350 e. The maximum Gasteiger partial charge on any atom is 0.220 e. The Bertz CT molecular complexity index is 379. The van der Waals surface area contributed by atoms with Crippen molar-refractivity contribution in [3.63, 3.8) is 0 Å². The number of hydrogen-bond donors (Lipinski definition) is 2. The zero-order valence-corrected chi connectivity index (χ0v) is 11.0. The van der Waals surface area contributed by atoms with Gasteiger partial charge in [0.15, 0.2) is 0 Å². The fraction of sp³-hybridized carbons (Fsp3) is 0.462. The molecule has 1 unspecified atom stereocenters. The summed E-state index contributed by atoms with van der Waals surface area (Å²) >= 11 is 6.06. The minimum Gasteiger partial charge on any atom is -0.350 e. The van der Waals surface area contributed by atoms with E-state index in [2.05, 4.69) is 5.32 Å². The minimum absolute atomic E-state index is 0.00900. The Morgan fingerprint density at radius 2 is 2.06 bits per heavy atom. The molecule has 94 valence electrons. The van der Waals surface area contributed by atoms with Crippen molar-refractivity contribution >= 4 is 17.5 Å². The summed E-state index contributed by atoms with van der Waals surface area (Å²) in [5.41, 5.74) is 6.54. The van der Waals surface area contributed by atoms with Gasteiger partial charge in [-0.3, -0.25) is 4.79 Å². The molecule has 0 fully saturated rings. The van der Waals surface area contributed by atoms with Crippen molar-refractivity contribution < 1.29 is 4.79 Å². The van der Waals surface area contributed by atoms with E-state index in [4.69, 9.17) is 17.3 Å². The van der Waals surface area contributed by atoms with Gasteiger partial charge in [-0.2, -0.15) is 0 Å². The first kappa shape index (κ1) is 14.0. The van der Waals surface area contributed by atoms with Crippen LogP contribution in [0.5, 0.6) is 0 Å². The fourth-order valence-corrected chi connectivity index (χ4v) is 1.88. The average molecular weight is 255 g/mol. The van der Waals surface area contributed by atoms with Crippen molar-refractivity contribution in [2.45, 2.75) is 38.8 Å². The van der Waals surface area contributed by atoms with Gasteiger partial charge in [0, 0.05) is 17.5 Å². The number of nitrogens with one attached hydrogen (secondary N) is 1. The summed E-state index contributed by atoms with van der Waals surface area (Å²) in [5, 5.41) is 3.59. The van der Waals surface area contributed by atoms with Crippen LogP contribution in [0.4, 0.5) is 0 Å². The molecule has 3 N–H and O–H groups in total. The SMILES string of the molecule is CC(N)CCC(=O)N[C@@H](C)c1ccccc1Cl. The van der Waals surface area contributed by atoms with Gasteiger partial charge in [-0.25, -0.2) is 0 Å². The first-order chi connectivity index (χ1) is 8.00. The quantitative estimate of drug-likeness (QED) is 0.849. The van der Waals surface area contributed by atoms with Gasteiger partial charge in [0.05, 0.1) is 6.04 Å². The van der Waals surface area contributed by atoms with Crippen LogP contribution in [-0.4, -0.2) is 11.9 Å². The van der Waals surface area contributed by atoms with Gasteiger partial charge in [-0.15, -0.1) is 0 Å². The Morgan fingerprint density at radius 1 is 1.41 bits per heavy atom. The Labute approximate surface area is 107 Å². The van der Waals surface area contributed by atoms with E-state index in [0.29, 0.717) is 17.9 Å². The van der Waals surface area contributed by atoms with Crippen LogP contribution < -0.4 is 11.1 Å². The van der Waals surface area contributed by atoms with Crippen LogP contribution in [0.3, 0.4) is 0 Å². The predicted molar refractivity (Wildman–Crippen MR) is 70.9 cm³/mol. The van der Waals surface area contributed by atoms with E-state index in [1.807, 2.05) is 38.1 Å². The maximum absolute atomic E-state index is 11.6.